The van der Waals surface area contributed by atoms with Gasteiger partial charge in [0.05, 0.1) is 6.20 Å². The van der Waals surface area contributed by atoms with Crippen molar-refractivity contribution in [3.05, 3.63) is 30.1 Å². The van der Waals surface area contributed by atoms with Crippen LogP contribution in [-0.2, 0) is 13.5 Å². The summed E-state index contributed by atoms with van der Waals surface area (Å²) in [5.41, 5.74) is 1.30. The molecule has 0 amide bonds. The van der Waals surface area contributed by atoms with Crippen LogP contribution >= 0.6 is 0 Å². The molecule has 1 aromatic heterocycles. The number of aromatic nitrogens is 2. The van der Waals surface area contributed by atoms with Crippen LogP contribution in [0, 0.1) is 0 Å². The van der Waals surface area contributed by atoms with Crippen molar-refractivity contribution in [2.45, 2.75) is 19.8 Å². The van der Waals surface area contributed by atoms with Gasteiger partial charge in [-0.05, 0) is 38.4 Å². The molecular weight excluding hydrogens is 174 g/mol. The van der Waals surface area contributed by atoms with Gasteiger partial charge in [-0.25, -0.2) is 0 Å². The van der Waals surface area contributed by atoms with Crippen LogP contribution in [0.25, 0.3) is 0 Å². The van der Waals surface area contributed by atoms with Crippen LogP contribution in [0.3, 0.4) is 0 Å². The Hall–Kier alpha value is -1.09. The minimum atomic E-state index is 1.03. The van der Waals surface area contributed by atoms with Crippen LogP contribution in [0.5, 0.6) is 0 Å². The maximum atomic E-state index is 4.12. The first-order valence-electron chi connectivity index (χ1n) is 5.12. The minimum absolute atomic E-state index is 1.03. The predicted octanol–water partition coefficient (Wildman–Crippen LogP) is 1.52. The molecule has 3 heteroatoms. The Kier molecular flexibility index (Phi) is 5.00. The second-order valence-electron chi connectivity index (χ2n) is 3.38. The average molecular weight is 193 g/mol. The van der Waals surface area contributed by atoms with Crippen molar-refractivity contribution in [1.29, 1.82) is 0 Å². The van der Waals surface area contributed by atoms with Crippen LogP contribution in [0.1, 0.15) is 18.9 Å². The smallest absolute Gasteiger partial charge is 0.0522 e. The molecule has 0 aliphatic rings. The summed E-state index contributed by atoms with van der Waals surface area (Å²) in [7, 11) is 1.95. The molecule has 0 aromatic carbocycles. The molecule has 1 N–H and O–H groups in total. The van der Waals surface area contributed by atoms with Gasteiger partial charge in [-0.2, -0.15) is 5.10 Å². The molecule has 1 heterocycles. The fourth-order valence-corrected chi connectivity index (χ4v) is 1.31. The van der Waals surface area contributed by atoms with Crippen LogP contribution in [0.2, 0.25) is 0 Å². The van der Waals surface area contributed by atoms with E-state index in [2.05, 4.69) is 35.7 Å². The lowest BCUT2D eigenvalue weighted by molar-refractivity contribution is 0.688. The van der Waals surface area contributed by atoms with Gasteiger partial charge in [0.1, 0.15) is 0 Å². The zero-order valence-electron chi connectivity index (χ0n) is 9.03. The fourth-order valence-electron chi connectivity index (χ4n) is 1.31. The molecule has 78 valence electrons. The van der Waals surface area contributed by atoms with E-state index in [0.29, 0.717) is 0 Å². The molecule has 0 bridgehead atoms. The molecule has 0 radical (unpaired) electrons. The molecule has 0 unspecified atom stereocenters. The van der Waals surface area contributed by atoms with Gasteiger partial charge in [-0.3, -0.25) is 4.68 Å². The Morgan fingerprint density at radius 3 is 3.00 bits per heavy atom. The molecule has 1 aromatic rings. The summed E-state index contributed by atoms with van der Waals surface area (Å²) in [4.78, 5) is 0. The van der Waals surface area contributed by atoms with Crippen LogP contribution in [-0.4, -0.2) is 22.9 Å². The molecule has 0 saturated heterocycles. The van der Waals surface area contributed by atoms with E-state index >= 15 is 0 Å². The fraction of sp³-hybridized carbons (Fsp3) is 0.545. The third kappa shape index (κ3) is 4.23. The van der Waals surface area contributed by atoms with Gasteiger partial charge in [0.25, 0.3) is 0 Å². The summed E-state index contributed by atoms with van der Waals surface area (Å²) in [6, 6.07) is 0. The van der Waals surface area contributed by atoms with Gasteiger partial charge < -0.3 is 5.32 Å². The topological polar surface area (TPSA) is 29.9 Å². The highest BCUT2D eigenvalue weighted by molar-refractivity contribution is 5.03. The quantitative estimate of drug-likeness (QED) is 0.548. The van der Waals surface area contributed by atoms with Gasteiger partial charge in [0.2, 0.25) is 0 Å². The van der Waals surface area contributed by atoms with Crippen molar-refractivity contribution in [3.63, 3.8) is 0 Å². The van der Waals surface area contributed by atoms with Gasteiger partial charge in [-0.15, -0.1) is 0 Å². The Morgan fingerprint density at radius 1 is 1.50 bits per heavy atom. The zero-order chi connectivity index (χ0) is 10.2. The number of nitrogens with one attached hydrogen (secondary N) is 1. The van der Waals surface area contributed by atoms with E-state index in [1.54, 1.807) is 0 Å². The summed E-state index contributed by atoms with van der Waals surface area (Å²) < 4.78 is 1.84. The number of hydrogen-bond donors (Lipinski definition) is 1. The first-order chi connectivity index (χ1) is 6.83. The van der Waals surface area contributed by atoms with Crippen LogP contribution in [0.4, 0.5) is 0 Å². The van der Waals surface area contributed by atoms with Crippen molar-refractivity contribution < 1.29 is 0 Å². The van der Waals surface area contributed by atoms with Crippen LogP contribution in [0.15, 0.2) is 24.5 Å². The van der Waals surface area contributed by atoms with Gasteiger partial charge in [0.15, 0.2) is 0 Å². The molecule has 0 aliphatic heterocycles. The predicted molar refractivity (Wildman–Crippen MR) is 59.2 cm³/mol. The summed E-state index contributed by atoms with van der Waals surface area (Å²) in [5, 5.41) is 7.51. The molecule has 0 atom stereocenters. The Balaban J connectivity index is 2.04. The standard InChI is InChI=1S/C11H19N3/c1-3-4-5-7-12-8-6-11-9-13-14(2)10-11/h3-4,9-10,12H,5-8H2,1-2H3/b4-3+. The molecule has 0 spiro atoms. The average Bonchev–Trinajstić information content (AvgIpc) is 2.58. The number of aryl methyl sites for hydroxylation is 1. The van der Waals surface area contributed by atoms with Crippen LogP contribution < -0.4 is 5.32 Å². The SMILES string of the molecule is C/C=C/CCNCCc1cnn(C)c1. The second-order valence-corrected chi connectivity index (χ2v) is 3.38. The van der Waals surface area contributed by atoms with Crippen molar-refractivity contribution in [3.8, 4) is 0 Å². The summed E-state index contributed by atoms with van der Waals surface area (Å²) in [6.45, 7) is 4.14. The molecule has 1 rings (SSSR count). The van der Waals surface area contributed by atoms with E-state index in [1.165, 1.54) is 5.56 Å². The number of hydrogen-bond acceptors (Lipinski definition) is 2. The largest absolute Gasteiger partial charge is 0.316 e. The highest BCUT2D eigenvalue weighted by Gasteiger charge is 1.94. The van der Waals surface area contributed by atoms with E-state index in [9.17, 15) is 0 Å². The van der Waals surface area contributed by atoms with E-state index < -0.39 is 0 Å². The van der Waals surface area contributed by atoms with Gasteiger partial charge in [-0.1, -0.05) is 12.2 Å². The Labute approximate surface area is 85.8 Å². The third-order valence-corrected chi connectivity index (χ3v) is 2.07. The lowest BCUT2D eigenvalue weighted by Gasteiger charge is -2.00. The van der Waals surface area contributed by atoms with E-state index in [4.69, 9.17) is 0 Å². The highest BCUT2D eigenvalue weighted by Crippen LogP contribution is 1.95. The van der Waals surface area contributed by atoms with Crippen molar-refractivity contribution in [2.24, 2.45) is 7.05 Å². The maximum absolute atomic E-state index is 4.12. The van der Waals surface area contributed by atoms with Gasteiger partial charge in [0, 0.05) is 13.2 Å². The number of nitrogens with zero attached hydrogens (tertiary/aromatic N) is 2. The molecule has 14 heavy (non-hydrogen) atoms. The lowest BCUT2D eigenvalue weighted by atomic mass is 10.2. The monoisotopic (exact) mass is 193 g/mol. The highest BCUT2D eigenvalue weighted by atomic mass is 15.2. The molecule has 0 fully saturated rings. The first-order valence-corrected chi connectivity index (χ1v) is 5.12. The van der Waals surface area contributed by atoms with E-state index in [0.717, 1.165) is 25.9 Å². The zero-order valence-corrected chi connectivity index (χ0v) is 9.03. The summed E-state index contributed by atoms with van der Waals surface area (Å²) >= 11 is 0. The Morgan fingerprint density at radius 2 is 2.36 bits per heavy atom. The second kappa shape index (κ2) is 6.38. The first kappa shape index (κ1) is 11.0. The lowest BCUT2D eigenvalue weighted by Crippen LogP contribution is -2.17. The normalized spacial score (nSPS) is 11.3. The molecule has 0 saturated carbocycles. The van der Waals surface area contributed by atoms with E-state index in [1.807, 2.05) is 17.9 Å². The number of allylic oxidation sites excluding steroid dienone is 1. The summed E-state index contributed by atoms with van der Waals surface area (Å²) in [6.07, 6.45) is 10.4. The molecule has 3 nitrogen and oxygen atoms in total. The molecule has 0 aliphatic carbocycles. The van der Waals surface area contributed by atoms with E-state index in [-0.39, 0.29) is 0 Å². The molecular formula is C11H19N3. The van der Waals surface area contributed by atoms with Crippen molar-refractivity contribution >= 4 is 0 Å². The Bertz CT molecular complexity index is 276. The summed E-state index contributed by atoms with van der Waals surface area (Å²) in [5.74, 6) is 0. The van der Waals surface area contributed by atoms with Gasteiger partial charge >= 0.3 is 0 Å². The maximum Gasteiger partial charge on any atom is 0.0522 e. The minimum Gasteiger partial charge on any atom is -0.316 e. The van der Waals surface area contributed by atoms with Crippen molar-refractivity contribution in [1.82, 2.24) is 15.1 Å². The van der Waals surface area contributed by atoms with Crippen molar-refractivity contribution in [2.75, 3.05) is 13.1 Å². The number of rotatable bonds is 6. The third-order valence-electron chi connectivity index (χ3n) is 2.07.